The quantitative estimate of drug-likeness (QED) is 0.582. The Labute approximate surface area is 146 Å². The van der Waals surface area contributed by atoms with Crippen molar-refractivity contribution in [1.82, 2.24) is 4.90 Å². The lowest BCUT2D eigenvalue weighted by atomic mass is 9.97. The third-order valence-corrected chi connectivity index (χ3v) is 6.47. The number of esters is 1. The number of para-hydroxylation sites is 1. The van der Waals surface area contributed by atoms with E-state index >= 15 is 0 Å². The van der Waals surface area contributed by atoms with Crippen LogP contribution in [0.2, 0.25) is 0 Å². The number of hydrogen-bond donors (Lipinski definition) is 1. The number of amides is 1. The normalized spacial score (nSPS) is 29.5. The van der Waals surface area contributed by atoms with Gasteiger partial charge in [0.05, 0.1) is 15.5 Å². The molecule has 134 valence electrons. The Hall–Kier alpha value is -2.42. The maximum Gasteiger partial charge on any atom is 0.345 e. The summed E-state index contributed by atoms with van der Waals surface area (Å²) in [5.74, 6) is -2.19. The van der Waals surface area contributed by atoms with Crippen molar-refractivity contribution in [2.75, 3.05) is 6.61 Å². The number of carbonyl (C=O) groups is 3. The van der Waals surface area contributed by atoms with E-state index in [0.717, 1.165) is 4.90 Å². The molecule has 2 saturated heterocycles. The van der Waals surface area contributed by atoms with Crippen LogP contribution in [0.5, 0.6) is 5.75 Å². The smallest absolute Gasteiger partial charge is 0.345 e. The van der Waals surface area contributed by atoms with E-state index in [4.69, 9.17) is 9.47 Å². The van der Waals surface area contributed by atoms with Crippen LogP contribution in [0.3, 0.4) is 0 Å². The molecule has 0 saturated carbocycles. The largest absolute Gasteiger partial charge is 0.482 e. The van der Waals surface area contributed by atoms with Crippen molar-refractivity contribution in [3.05, 3.63) is 30.3 Å². The third kappa shape index (κ3) is 2.78. The highest BCUT2D eigenvalue weighted by molar-refractivity contribution is 7.87. The van der Waals surface area contributed by atoms with Crippen molar-refractivity contribution in [3.63, 3.8) is 0 Å². The molecule has 1 N–H and O–H groups in total. The van der Waals surface area contributed by atoms with Crippen LogP contribution in [-0.2, 0) is 29.9 Å². The molecular weight excluding hydrogens is 350 g/mol. The average molecular weight is 367 g/mol. The van der Waals surface area contributed by atoms with Gasteiger partial charge in [-0.15, -0.1) is 0 Å². The van der Waals surface area contributed by atoms with Gasteiger partial charge in [0.15, 0.2) is 12.0 Å². The Morgan fingerprint density at radius 2 is 1.92 bits per heavy atom. The van der Waals surface area contributed by atoms with Crippen LogP contribution in [0, 0.1) is 0 Å². The van der Waals surface area contributed by atoms with E-state index in [-0.39, 0.29) is 0 Å². The number of carboxylic acids is 1. The highest BCUT2D eigenvalue weighted by atomic mass is 32.2. The molecule has 4 atom stereocenters. The van der Waals surface area contributed by atoms with E-state index in [2.05, 4.69) is 0 Å². The minimum absolute atomic E-state index is 0.404. The van der Waals surface area contributed by atoms with Gasteiger partial charge in [-0.1, -0.05) is 18.2 Å². The number of fused-ring (bicyclic) bond motifs is 1. The molecule has 0 aromatic heterocycles. The molecule has 9 heteroatoms. The van der Waals surface area contributed by atoms with E-state index in [1.54, 1.807) is 30.3 Å². The summed E-state index contributed by atoms with van der Waals surface area (Å²) in [7, 11) is -1.67. The Morgan fingerprint density at radius 3 is 2.52 bits per heavy atom. The van der Waals surface area contributed by atoms with Gasteiger partial charge in [0.25, 0.3) is 5.91 Å². The predicted molar refractivity (Wildman–Crippen MR) is 86.1 cm³/mol. The fourth-order valence-corrected chi connectivity index (χ4v) is 4.95. The van der Waals surface area contributed by atoms with E-state index < -0.39 is 57.5 Å². The fraction of sp³-hybridized carbons (Fsp3) is 0.438. The second-order valence-corrected chi connectivity index (χ2v) is 8.42. The SMILES string of the molecule is CC1(C)[C@H](C(=O)O)N2C(=O)[C@H](OC(=O)COc3ccccc3)[C@H]2S1=O. The van der Waals surface area contributed by atoms with Gasteiger partial charge < -0.3 is 19.5 Å². The standard InChI is InChI=1S/C16H17NO7S/c1-16(2)12(15(20)21)17-13(19)11(14(17)25(16)22)24-10(18)8-23-9-6-4-3-5-7-9/h3-7,11-12,14H,8H2,1-2H3,(H,20,21)/t11-,12-,14+,25?/m0/s1. The number of carbonyl (C=O) groups excluding carboxylic acids is 2. The van der Waals surface area contributed by atoms with Crippen molar-refractivity contribution in [2.45, 2.75) is 36.1 Å². The highest BCUT2D eigenvalue weighted by Crippen LogP contribution is 2.44. The van der Waals surface area contributed by atoms with E-state index in [1.165, 1.54) is 13.8 Å². The van der Waals surface area contributed by atoms with Gasteiger partial charge in [0.1, 0.15) is 11.8 Å². The number of carboxylic acid groups (broad SMARTS) is 1. The van der Waals surface area contributed by atoms with Crippen molar-refractivity contribution in [3.8, 4) is 5.75 Å². The second-order valence-electron chi connectivity index (χ2n) is 6.29. The van der Waals surface area contributed by atoms with Gasteiger partial charge in [-0.3, -0.25) is 9.00 Å². The Balaban J connectivity index is 1.65. The minimum atomic E-state index is -1.67. The lowest BCUT2D eigenvalue weighted by Gasteiger charge is -2.41. The summed E-state index contributed by atoms with van der Waals surface area (Å²) in [6.45, 7) is 2.63. The molecule has 2 heterocycles. The molecule has 0 spiro atoms. The van der Waals surface area contributed by atoms with Crippen LogP contribution in [0.4, 0.5) is 0 Å². The van der Waals surface area contributed by atoms with Crippen molar-refractivity contribution in [2.24, 2.45) is 0 Å². The first kappa shape index (κ1) is 17.4. The predicted octanol–water partition coefficient (Wildman–Crippen LogP) is 0.140. The summed E-state index contributed by atoms with van der Waals surface area (Å²) in [5.41, 5.74) is 0. The third-order valence-electron chi connectivity index (χ3n) is 4.30. The first-order valence-electron chi connectivity index (χ1n) is 7.58. The van der Waals surface area contributed by atoms with Gasteiger partial charge in [0, 0.05) is 0 Å². The van der Waals surface area contributed by atoms with Gasteiger partial charge >= 0.3 is 11.9 Å². The number of ether oxygens (including phenoxy) is 2. The minimum Gasteiger partial charge on any atom is -0.482 e. The van der Waals surface area contributed by atoms with Gasteiger partial charge in [-0.25, -0.2) is 9.59 Å². The summed E-state index contributed by atoms with van der Waals surface area (Å²) in [4.78, 5) is 36.6. The maximum absolute atomic E-state index is 12.6. The van der Waals surface area contributed by atoms with E-state index in [9.17, 15) is 23.7 Å². The Kier molecular flexibility index (Phi) is 4.28. The van der Waals surface area contributed by atoms with Crippen LogP contribution in [0.15, 0.2) is 30.3 Å². The van der Waals surface area contributed by atoms with Crippen LogP contribution in [0.1, 0.15) is 13.8 Å². The van der Waals surface area contributed by atoms with Crippen LogP contribution < -0.4 is 4.74 Å². The van der Waals surface area contributed by atoms with Gasteiger partial charge in [-0.2, -0.15) is 0 Å². The van der Waals surface area contributed by atoms with Crippen LogP contribution in [-0.4, -0.2) is 60.9 Å². The topological polar surface area (TPSA) is 110 Å². The summed E-state index contributed by atoms with van der Waals surface area (Å²) < 4.78 is 21.7. The molecule has 1 amide bonds. The number of rotatable bonds is 5. The zero-order valence-electron chi connectivity index (χ0n) is 13.6. The first-order chi connectivity index (χ1) is 11.7. The summed E-state index contributed by atoms with van der Waals surface area (Å²) >= 11 is 0. The summed E-state index contributed by atoms with van der Waals surface area (Å²) in [6.07, 6.45) is -1.24. The average Bonchev–Trinajstić information content (AvgIpc) is 2.76. The molecule has 3 rings (SSSR count). The van der Waals surface area contributed by atoms with Crippen molar-refractivity contribution >= 4 is 28.6 Å². The van der Waals surface area contributed by atoms with E-state index in [0.29, 0.717) is 5.75 Å². The second kappa shape index (κ2) is 6.14. The molecule has 8 nitrogen and oxygen atoms in total. The van der Waals surface area contributed by atoms with Crippen LogP contribution >= 0.6 is 0 Å². The molecule has 0 aliphatic carbocycles. The molecular formula is C16H17NO7S. The lowest BCUT2D eigenvalue weighted by Crippen LogP contribution is -2.67. The molecule has 1 unspecified atom stereocenters. The highest BCUT2D eigenvalue weighted by Gasteiger charge is 2.69. The van der Waals surface area contributed by atoms with Crippen molar-refractivity contribution < 1.29 is 33.2 Å². The Morgan fingerprint density at radius 1 is 1.28 bits per heavy atom. The monoisotopic (exact) mass is 367 g/mol. The maximum atomic E-state index is 12.6. The lowest BCUT2D eigenvalue weighted by molar-refractivity contribution is -0.182. The summed E-state index contributed by atoms with van der Waals surface area (Å²) in [6, 6.07) is 7.39. The fourth-order valence-electron chi connectivity index (χ4n) is 3.06. The number of β-lactam (4-membered cyclic amide) rings is 1. The number of aliphatic carboxylic acids is 1. The molecule has 0 radical (unpaired) electrons. The number of nitrogens with zero attached hydrogens (tertiary/aromatic N) is 1. The molecule has 2 fully saturated rings. The van der Waals surface area contributed by atoms with Crippen molar-refractivity contribution in [1.29, 1.82) is 0 Å². The number of hydrogen-bond acceptors (Lipinski definition) is 6. The Bertz CT molecular complexity index is 748. The summed E-state index contributed by atoms with van der Waals surface area (Å²) in [5, 5.41) is 8.39. The zero-order chi connectivity index (χ0) is 18.4. The molecule has 1 aromatic rings. The van der Waals surface area contributed by atoms with E-state index in [1.807, 2.05) is 0 Å². The molecule has 1 aromatic carbocycles. The first-order valence-corrected chi connectivity index (χ1v) is 8.79. The van der Waals surface area contributed by atoms with Crippen LogP contribution in [0.25, 0.3) is 0 Å². The molecule has 2 aliphatic heterocycles. The molecule has 0 bridgehead atoms. The molecule has 25 heavy (non-hydrogen) atoms. The van der Waals surface area contributed by atoms with Gasteiger partial charge in [0.2, 0.25) is 6.10 Å². The zero-order valence-corrected chi connectivity index (χ0v) is 14.4. The molecule has 2 aliphatic rings. The number of benzene rings is 1. The van der Waals surface area contributed by atoms with Gasteiger partial charge in [-0.05, 0) is 26.0 Å².